The van der Waals surface area contributed by atoms with Crippen molar-refractivity contribution in [3.63, 3.8) is 0 Å². The molecule has 104 valence electrons. The molecule has 2 N–H and O–H groups in total. The van der Waals surface area contributed by atoms with E-state index in [1.165, 1.54) is 4.90 Å². The van der Waals surface area contributed by atoms with Gasteiger partial charge in [0.15, 0.2) is 0 Å². The fourth-order valence-electron chi connectivity index (χ4n) is 1.52. The molecule has 5 heteroatoms. The third kappa shape index (κ3) is 5.21. The molecule has 0 heterocycles. The van der Waals surface area contributed by atoms with Gasteiger partial charge in [-0.05, 0) is 19.3 Å². The first-order valence-electron chi connectivity index (χ1n) is 6.02. The van der Waals surface area contributed by atoms with Crippen molar-refractivity contribution in [3.8, 4) is 0 Å². The summed E-state index contributed by atoms with van der Waals surface area (Å²) in [7, 11) is 0. The summed E-state index contributed by atoms with van der Waals surface area (Å²) in [6.07, 6.45) is 0. The monoisotopic (exact) mass is 256 g/mol. The number of carboxylic acid groups (broad SMARTS) is 1. The fraction of sp³-hybridized carbons (Fsp3) is 0.692. The Labute approximate surface area is 109 Å². The zero-order chi connectivity index (χ0) is 14.5. The first-order valence-corrected chi connectivity index (χ1v) is 6.02. The van der Waals surface area contributed by atoms with E-state index in [9.17, 15) is 9.59 Å². The predicted octanol–water partition coefficient (Wildman–Crippen LogP) is 2.09. The Morgan fingerprint density at radius 1 is 1.39 bits per heavy atom. The lowest BCUT2D eigenvalue weighted by Crippen LogP contribution is -2.53. The Morgan fingerprint density at radius 2 is 1.89 bits per heavy atom. The number of amides is 2. The molecule has 0 radical (unpaired) electrons. The summed E-state index contributed by atoms with van der Waals surface area (Å²) in [5.74, 6) is -1.03. The van der Waals surface area contributed by atoms with E-state index in [0.717, 1.165) is 5.57 Å². The van der Waals surface area contributed by atoms with E-state index in [0.29, 0.717) is 13.1 Å². The van der Waals surface area contributed by atoms with Crippen molar-refractivity contribution in [1.82, 2.24) is 10.2 Å². The molecule has 0 aliphatic rings. The summed E-state index contributed by atoms with van der Waals surface area (Å²) in [4.78, 5) is 24.7. The first kappa shape index (κ1) is 16.5. The third-order valence-electron chi connectivity index (χ3n) is 2.51. The molecule has 0 rings (SSSR count). The van der Waals surface area contributed by atoms with Gasteiger partial charge >= 0.3 is 12.0 Å². The molecule has 0 saturated carbocycles. The van der Waals surface area contributed by atoms with Gasteiger partial charge in [-0.2, -0.15) is 0 Å². The maximum absolute atomic E-state index is 12.0. The smallest absolute Gasteiger partial charge is 0.326 e. The molecular formula is C13H24N2O3. The van der Waals surface area contributed by atoms with Crippen LogP contribution >= 0.6 is 0 Å². The zero-order valence-electron chi connectivity index (χ0n) is 11.9. The molecule has 0 fully saturated rings. The van der Waals surface area contributed by atoms with E-state index in [1.54, 1.807) is 20.8 Å². The number of rotatable bonds is 5. The molecule has 5 nitrogen and oxygen atoms in total. The molecule has 0 aromatic rings. The number of carboxylic acids is 1. The van der Waals surface area contributed by atoms with Crippen LogP contribution in [0.5, 0.6) is 0 Å². The zero-order valence-corrected chi connectivity index (χ0v) is 11.9. The Morgan fingerprint density at radius 3 is 2.17 bits per heavy atom. The van der Waals surface area contributed by atoms with Gasteiger partial charge in [-0.3, -0.25) is 0 Å². The summed E-state index contributed by atoms with van der Waals surface area (Å²) in [5, 5.41) is 11.7. The maximum atomic E-state index is 12.0. The number of aliphatic carboxylic acids is 1. The van der Waals surface area contributed by atoms with Crippen LogP contribution in [0.1, 0.15) is 34.6 Å². The largest absolute Gasteiger partial charge is 0.480 e. The number of carbonyl (C=O) groups is 2. The van der Waals surface area contributed by atoms with Gasteiger partial charge in [0.2, 0.25) is 0 Å². The molecule has 0 aliphatic carbocycles. The van der Waals surface area contributed by atoms with Gasteiger partial charge in [0, 0.05) is 13.1 Å². The minimum absolute atomic E-state index is 0.372. The molecule has 18 heavy (non-hydrogen) atoms. The summed E-state index contributed by atoms with van der Waals surface area (Å²) in [5.41, 5.74) is 0.319. The predicted molar refractivity (Wildman–Crippen MR) is 71.5 cm³/mol. The lowest BCUT2D eigenvalue weighted by atomic mass is 9.87. The number of urea groups is 1. The standard InChI is InChI=1S/C13H24N2O3/c1-7-15(8-9(2)3)12(18)14-10(11(16)17)13(4,5)6/h10H,2,7-8H2,1,3-6H3,(H,14,18)(H,16,17)/t10-/m0/s1. The highest BCUT2D eigenvalue weighted by molar-refractivity contribution is 5.83. The molecular weight excluding hydrogens is 232 g/mol. The van der Waals surface area contributed by atoms with Gasteiger partial charge in [0.1, 0.15) is 6.04 Å². The average Bonchev–Trinajstić information content (AvgIpc) is 2.19. The fourth-order valence-corrected chi connectivity index (χ4v) is 1.52. The van der Waals surface area contributed by atoms with Crippen LogP contribution in [0.25, 0.3) is 0 Å². The van der Waals surface area contributed by atoms with E-state index >= 15 is 0 Å². The minimum Gasteiger partial charge on any atom is -0.480 e. The van der Waals surface area contributed by atoms with Crippen LogP contribution < -0.4 is 5.32 Å². The van der Waals surface area contributed by atoms with Crippen LogP contribution in [-0.2, 0) is 4.79 Å². The third-order valence-corrected chi connectivity index (χ3v) is 2.51. The molecule has 0 aliphatic heterocycles. The molecule has 0 aromatic heterocycles. The second kappa shape index (κ2) is 6.42. The van der Waals surface area contributed by atoms with Crippen LogP contribution in [0.4, 0.5) is 4.79 Å². The second-order valence-corrected chi connectivity index (χ2v) is 5.56. The summed E-state index contributed by atoms with van der Waals surface area (Å²) < 4.78 is 0. The van der Waals surface area contributed by atoms with Crippen LogP contribution in [0.3, 0.4) is 0 Å². The van der Waals surface area contributed by atoms with Crippen molar-refractivity contribution in [2.75, 3.05) is 13.1 Å². The van der Waals surface area contributed by atoms with Crippen LogP contribution in [0, 0.1) is 5.41 Å². The van der Waals surface area contributed by atoms with E-state index in [1.807, 2.05) is 13.8 Å². The van der Waals surface area contributed by atoms with Crippen LogP contribution in [-0.4, -0.2) is 41.1 Å². The Kier molecular flexibility index (Phi) is 5.88. The molecule has 1 atom stereocenters. The normalized spacial score (nSPS) is 12.7. The lowest BCUT2D eigenvalue weighted by Gasteiger charge is -2.30. The number of nitrogens with one attached hydrogen (secondary N) is 1. The Hall–Kier alpha value is -1.52. The number of nitrogens with zero attached hydrogens (tertiary/aromatic N) is 1. The van der Waals surface area contributed by atoms with Gasteiger partial charge in [0.25, 0.3) is 0 Å². The quantitative estimate of drug-likeness (QED) is 0.740. The number of carbonyl (C=O) groups excluding carboxylic acids is 1. The average molecular weight is 256 g/mol. The molecule has 2 amide bonds. The number of likely N-dealkylation sites (N-methyl/N-ethyl adjacent to an activating group) is 1. The molecule has 0 saturated heterocycles. The van der Waals surface area contributed by atoms with Crippen molar-refractivity contribution in [2.45, 2.75) is 40.7 Å². The Bertz CT molecular complexity index is 332. The van der Waals surface area contributed by atoms with Crippen LogP contribution in [0.15, 0.2) is 12.2 Å². The lowest BCUT2D eigenvalue weighted by molar-refractivity contribution is -0.142. The van der Waals surface area contributed by atoms with Crippen molar-refractivity contribution >= 4 is 12.0 Å². The highest BCUT2D eigenvalue weighted by Gasteiger charge is 2.33. The summed E-state index contributed by atoms with van der Waals surface area (Å²) in [6, 6.07) is -1.29. The second-order valence-electron chi connectivity index (χ2n) is 5.56. The maximum Gasteiger partial charge on any atom is 0.326 e. The van der Waals surface area contributed by atoms with Gasteiger partial charge in [-0.15, -0.1) is 0 Å². The van der Waals surface area contributed by atoms with Crippen LogP contribution in [0.2, 0.25) is 0 Å². The molecule has 0 bridgehead atoms. The van der Waals surface area contributed by atoms with Crippen molar-refractivity contribution in [1.29, 1.82) is 0 Å². The SMILES string of the molecule is C=C(C)CN(CC)C(=O)N[C@@H](C(=O)O)C(C)(C)C. The van der Waals surface area contributed by atoms with Crippen molar-refractivity contribution in [3.05, 3.63) is 12.2 Å². The molecule has 0 unspecified atom stereocenters. The van der Waals surface area contributed by atoms with Crippen molar-refractivity contribution < 1.29 is 14.7 Å². The first-order chi connectivity index (χ1) is 8.09. The molecule has 0 spiro atoms. The van der Waals surface area contributed by atoms with E-state index < -0.39 is 17.4 Å². The number of hydrogen-bond acceptors (Lipinski definition) is 2. The van der Waals surface area contributed by atoms with Gasteiger partial charge < -0.3 is 15.3 Å². The van der Waals surface area contributed by atoms with Crippen molar-refractivity contribution in [2.24, 2.45) is 5.41 Å². The Balaban J connectivity index is 4.78. The van der Waals surface area contributed by atoms with Gasteiger partial charge in [0.05, 0.1) is 0 Å². The van der Waals surface area contributed by atoms with Gasteiger partial charge in [-0.1, -0.05) is 32.9 Å². The van der Waals surface area contributed by atoms with E-state index in [2.05, 4.69) is 11.9 Å². The highest BCUT2D eigenvalue weighted by Crippen LogP contribution is 2.19. The van der Waals surface area contributed by atoms with E-state index in [4.69, 9.17) is 5.11 Å². The van der Waals surface area contributed by atoms with E-state index in [-0.39, 0.29) is 6.03 Å². The number of hydrogen-bond donors (Lipinski definition) is 2. The van der Waals surface area contributed by atoms with Gasteiger partial charge in [-0.25, -0.2) is 9.59 Å². The molecule has 0 aromatic carbocycles. The summed E-state index contributed by atoms with van der Waals surface area (Å²) >= 11 is 0. The topological polar surface area (TPSA) is 69.6 Å². The summed E-state index contributed by atoms with van der Waals surface area (Å²) in [6.45, 7) is 13.7. The minimum atomic E-state index is -1.03. The highest BCUT2D eigenvalue weighted by atomic mass is 16.4.